The first-order valence-corrected chi connectivity index (χ1v) is 11.0. The van der Waals surface area contributed by atoms with Crippen molar-refractivity contribution in [1.82, 2.24) is 4.72 Å². The molecule has 1 unspecified atom stereocenters. The first kappa shape index (κ1) is 22.8. The molecule has 1 aromatic rings. The lowest BCUT2D eigenvalue weighted by Crippen LogP contribution is -2.33. The molecule has 0 heterocycles. The van der Waals surface area contributed by atoms with Gasteiger partial charge in [-0.1, -0.05) is 12.1 Å². The van der Waals surface area contributed by atoms with E-state index in [4.69, 9.17) is 6.42 Å². The number of alkyl halides is 3. The Bertz CT molecular complexity index is 578. The second-order valence-corrected chi connectivity index (χ2v) is 9.25. The maximum Gasteiger partial charge on any atom is 0.416 e. The first-order valence-electron chi connectivity index (χ1n) is 6.49. The number of rotatable bonds is 3. The van der Waals surface area contributed by atoms with Crippen molar-refractivity contribution < 1.29 is 17.4 Å². The Morgan fingerprint density at radius 1 is 1.35 bits per heavy atom. The van der Waals surface area contributed by atoms with Crippen LogP contribution in [0.2, 0.25) is 0 Å². The molecule has 0 radical (unpaired) electrons. The van der Waals surface area contributed by atoms with Crippen LogP contribution in [-0.4, -0.2) is 8.96 Å². The lowest BCUT2D eigenvalue weighted by Gasteiger charge is -2.19. The molecule has 0 spiro atoms. The molecule has 1 atom stereocenters. The number of nitrogens with one attached hydrogen (secondary N) is 1. The molecule has 0 aromatic heterocycles. The summed E-state index contributed by atoms with van der Waals surface area (Å²) in [5, 5.41) is 2.33. The van der Waals surface area contributed by atoms with Gasteiger partial charge in [-0.25, -0.2) is 8.93 Å². The first-order chi connectivity index (χ1) is 10.4. The lowest BCUT2D eigenvalue weighted by molar-refractivity contribution is -0.138. The fourth-order valence-corrected chi connectivity index (χ4v) is 2.26. The molecule has 130 valence electrons. The topological polar surface area (TPSA) is 29.1 Å². The van der Waals surface area contributed by atoms with Gasteiger partial charge < -0.3 is 0 Å². The molecule has 0 aliphatic rings. The third-order valence-corrected chi connectivity index (χ3v) is 5.12. The van der Waals surface area contributed by atoms with E-state index in [9.17, 15) is 17.4 Å². The van der Waals surface area contributed by atoms with Crippen molar-refractivity contribution in [2.24, 2.45) is 0 Å². The molecule has 0 aliphatic heterocycles. The molecule has 1 rings (SSSR count). The zero-order valence-corrected chi connectivity index (χ0v) is 17.0. The lowest BCUT2D eigenvalue weighted by atomic mass is 10.0. The van der Waals surface area contributed by atoms with Crippen LogP contribution in [0.5, 0.6) is 0 Å². The summed E-state index contributed by atoms with van der Waals surface area (Å²) in [5.41, 5.74) is 0.0363. The van der Waals surface area contributed by atoms with E-state index in [1.54, 1.807) is 26.8 Å². The SMILES string of the molecule is C#CSI.Cc1c(CNS(=O)C(C)(C)C)cccc1C(F)(F)F. The van der Waals surface area contributed by atoms with Crippen LogP contribution in [0.3, 0.4) is 0 Å². The van der Waals surface area contributed by atoms with Gasteiger partial charge in [0.2, 0.25) is 0 Å². The van der Waals surface area contributed by atoms with Crippen molar-refractivity contribution in [2.45, 2.75) is 45.2 Å². The summed E-state index contributed by atoms with van der Waals surface area (Å²) in [7, 11) is 0.0492. The highest BCUT2D eigenvalue weighted by molar-refractivity contribution is 14.2. The Hall–Kier alpha value is -0.240. The molecule has 0 aliphatic carbocycles. The smallest absolute Gasteiger partial charge is 0.242 e. The second-order valence-electron chi connectivity index (χ2n) is 5.48. The summed E-state index contributed by atoms with van der Waals surface area (Å²) in [6.07, 6.45) is 0.375. The molecule has 0 bridgehead atoms. The molecule has 1 aromatic carbocycles. The van der Waals surface area contributed by atoms with E-state index in [-0.39, 0.29) is 12.1 Å². The van der Waals surface area contributed by atoms with E-state index in [0.717, 1.165) is 6.07 Å². The van der Waals surface area contributed by atoms with Crippen LogP contribution in [0, 0.1) is 18.6 Å². The summed E-state index contributed by atoms with van der Waals surface area (Å²) in [5.74, 6) is 0. The van der Waals surface area contributed by atoms with Gasteiger partial charge in [0, 0.05) is 27.8 Å². The van der Waals surface area contributed by atoms with E-state index in [1.807, 2.05) is 21.2 Å². The van der Waals surface area contributed by atoms with Gasteiger partial charge in [0.1, 0.15) is 0 Å². The van der Waals surface area contributed by atoms with Crippen molar-refractivity contribution in [3.8, 4) is 11.7 Å². The zero-order valence-electron chi connectivity index (χ0n) is 13.3. The van der Waals surface area contributed by atoms with Crippen molar-refractivity contribution >= 4 is 41.1 Å². The largest absolute Gasteiger partial charge is 0.416 e. The number of hydrogen-bond donors (Lipinski definition) is 1. The molecule has 0 saturated carbocycles. The van der Waals surface area contributed by atoms with Crippen molar-refractivity contribution in [3.63, 3.8) is 0 Å². The zero-order chi connectivity index (χ0) is 18.3. The van der Waals surface area contributed by atoms with Gasteiger partial charge in [0.25, 0.3) is 0 Å². The molecule has 2 nitrogen and oxygen atoms in total. The third-order valence-electron chi connectivity index (χ3n) is 2.75. The fourth-order valence-electron chi connectivity index (χ4n) is 1.54. The maximum absolute atomic E-state index is 12.7. The molecular weight excluding hydrogens is 458 g/mol. The van der Waals surface area contributed by atoms with Crippen molar-refractivity contribution in [2.75, 3.05) is 0 Å². The number of hydrogen-bond acceptors (Lipinski definition) is 2. The minimum Gasteiger partial charge on any atom is -0.242 e. The monoisotopic (exact) mass is 477 g/mol. The highest BCUT2D eigenvalue weighted by Gasteiger charge is 2.32. The normalized spacial score (nSPS) is 12.8. The van der Waals surface area contributed by atoms with Crippen LogP contribution >= 0.6 is 30.1 Å². The van der Waals surface area contributed by atoms with Crippen LogP contribution in [0.4, 0.5) is 13.2 Å². The highest BCUT2D eigenvalue weighted by Crippen LogP contribution is 2.32. The number of terminal acetylenes is 1. The summed E-state index contributed by atoms with van der Waals surface area (Å²) in [6, 6.07) is 4.03. The Morgan fingerprint density at radius 3 is 2.26 bits per heavy atom. The summed E-state index contributed by atoms with van der Waals surface area (Å²) >= 11 is 2.03. The molecule has 23 heavy (non-hydrogen) atoms. The predicted molar refractivity (Wildman–Crippen MR) is 101 cm³/mol. The molecule has 8 heteroatoms. The van der Waals surface area contributed by atoms with Gasteiger partial charge in [0.05, 0.1) is 21.3 Å². The molecule has 1 N–H and O–H groups in total. The number of halogens is 4. The minimum atomic E-state index is -4.36. The fraction of sp³-hybridized carbons (Fsp3) is 0.467. The Balaban J connectivity index is 0.00000108. The summed E-state index contributed by atoms with van der Waals surface area (Å²) in [4.78, 5) is 0. The predicted octanol–water partition coefficient (Wildman–Crippen LogP) is 5.23. The minimum absolute atomic E-state index is 0.152. The summed E-state index contributed by atoms with van der Waals surface area (Å²) < 4.78 is 52.3. The van der Waals surface area contributed by atoms with Crippen LogP contribution in [0.25, 0.3) is 0 Å². The van der Waals surface area contributed by atoms with Crippen molar-refractivity contribution in [1.29, 1.82) is 0 Å². The van der Waals surface area contributed by atoms with Crippen LogP contribution < -0.4 is 4.72 Å². The molecule has 0 saturated heterocycles. The van der Waals surface area contributed by atoms with Crippen LogP contribution in [0.15, 0.2) is 18.2 Å². The van der Waals surface area contributed by atoms with E-state index < -0.39 is 27.5 Å². The van der Waals surface area contributed by atoms with Crippen molar-refractivity contribution in [3.05, 3.63) is 34.9 Å². The number of benzene rings is 1. The maximum atomic E-state index is 12.7. The highest BCUT2D eigenvalue weighted by atomic mass is 127. The average molecular weight is 477 g/mol. The Labute approximate surface area is 154 Å². The quantitative estimate of drug-likeness (QED) is 0.478. The Kier molecular flexibility index (Phi) is 9.81. The van der Waals surface area contributed by atoms with E-state index in [2.05, 4.69) is 9.97 Å². The van der Waals surface area contributed by atoms with Gasteiger partial charge in [0.15, 0.2) is 0 Å². The molecule has 0 fully saturated rings. The Morgan fingerprint density at radius 2 is 1.87 bits per heavy atom. The van der Waals surface area contributed by atoms with Crippen LogP contribution in [-0.2, 0) is 23.7 Å². The van der Waals surface area contributed by atoms with Gasteiger partial charge >= 0.3 is 6.18 Å². The van der Waals surface area contributed by atoms with Gasteiger partial charge in [-0.3, -0.25) is 0 Å². The van der Waals surface area contributed by atoms with Gasteiger partial charge in [-0.05, 0) is 59.1 Å². The van der Waals surface area contributed by atoms with E-state index >= 15 is 0 Å². The standard InChI is InChI=1S/C13H18F3NOS.C2HIS/c1-9-10(8-17-19(18)12(2,3)4)6-5-7-11(9)13(14,15)16;1-2-4-3/h5-7,17H,8H2,1-4H3;1H. The molecule has 0 amide bonds. The van der Waals surface area contributed by atoms with E-state index in [1.165, 1.54) is 21.9 Å². The van der Waals surface area contributed by atoms with E-state index in [0.29, 0.717) is 5.56 Å². The van der Waals surface area contributed by atoms with Gasteiger partial charge in [-0.2, -0.15) is 13.2 Å². The molecular formula is C15H19F3INOS2. The second kappa shape index (κ2) is 9.91. The van der Waals surface area contributed by atoms with Crippen LogP contribution in [0.1, 0.15) is 37.5 Å². The average Bonchev–Trinajstić information content (AvgIpc) is 2.43. The third kappa shape index (κ3) is 8.42. The summed E-state index contributed by atoms with van der Waals surface area (Å²) in [6.45, 7) is 6.98. The van der Waals surface area contributed by atoms with Gasteiger partial charge in [-0.15, -0.1) is 6.42 Å².